The first-order chi connectivity index (χ1) is 12.8. The standard InChI is InChI=1S/C19H37N5O2S/c1-5-20-18(21-8-15-27(26)19(2,3)4)24-13-11-22(12-14-24)16-17(25)23-9-6-7-10-23/h5-16H2,1-4H3,(H,20,21). The highest BCUT2D eigenvalue weighted by Crippen LogP contribution is 2.11. The third-order valence-corrected chi connectivity index (χ3v) is 6.97. The number of amides is 1. The maximum atomic E-state index is 12.3. The van der Waals surface area contributed by atoms with Gasteiger partial charge in [0, 0.05) is 67.1 Å². The van der Waals surface area contributed by atoms with Crippen LogP contribution >= 0.6 is 0 Å². The Hall–Kier alpha value is -1.15. The molecule has 0 aromatic heterocycles. The monoisotopic (exact) mass is 399 g/mol. The smallest absolute Gasteiger partial charge is 0.236 e. The van der Waals surface area contributed by atoms with Gasteiger partial charge in [-0.3, -0.25) is 18.9 Å². The van der Waals surface area contributed by atoms with Crippen molar-refractivity contribution in [3.63, 3.8) is 0 Å². The van der Waals surface area contributed by atoms with Crippen molar-refractivity contribution in [2.75, 3.05) is 64.7 Å². The Morgan fingerprint density at radius 2 is 1.67 bits per heavy atom. The van der Waals surface area contributed by atoms with Crippen LogP contribution in [0, 0.1) is 0 Å². The van der Waals surface area contributed by atoms with Crippen molar-refractivity contribution in [2.24, 2.45) is 4.99 Å². The molecule has 1 amide bonds. The molecular weight excluding hydrogens is 362 g/mol. The minimum Gasteiger partial charge on any atom is -0.357 e. The number of nitrogens with one attached hydrogen (secondary N) is 1. The van der Waals surface area contributed by atoms with E-state index in [1.54, 1.807) is 0 Å². The number of piperazine rings is 1. The predicted molar refractivity (Wildman–Crippen MR) is 113 cm³/mol. The minimum atomic E-state index is -0.880. The van der Waals surface area contributed by atoms with Gasteiger partial charge in [0.1, 0.15) is 0 Å². The van der Waals surface area contributed by atoms with E-state index in [2.05, 4.69) is 27.0 Å². The van der Waals surface area contributed by atoms with E-state index in [1.807, 2.05) is 25.7 Å². The first-order valence-corrected chi connectivity index (χ1v) is 11.5. The molecule has 2 saturated heterocycles. The van der Waals surface area contributed by atoms with Crippen LogP contribution in [0.1, 0.15) is 40.5 Å². The molecule has 0 aromatic carbocycles. The summed E-state index contributed by atoms with van der Waals surface area (Å²) in [5.41, 5.74) is 0. The molecule has 0 bridgehead atoms. The summed E-state index contributed by atoms with van der Waals surface area (Å²) >= 11 is 0. The van der Waals surface area contributed by atoms with Gasteiger partial charge in [-0.1, -0.05) is 0 Å². The van der Waals surface area contributed by atoms with E-state index < -0.39 is 10.8 Å². The molecule has 2 aliphatic heterocycles. The molecule has 0 saturated carbocycles. The maximum Gasteiger partial charge on any atom is 0.236 e. The fourth-order valence-corrected chi connectivity index (χ4v) is 4.21. The summed E-state index contributed by atoms with van der Waals surface area (Å²) in [6, 6.07) is 0. The molecule has 2 aliphatic rings. The second kappa shape index (κ2) is 10.4. The van der Waals surface area contributed by atoms with Crippen molar-refractivity contribution in [1.29, 1.82) is 0 Å². The molecule has 2 fully saturated rings. The number of rotatable bonds is 6. The lowest BCUT2D eigenvalue weighted by molar-refractivity contribution is -0.131. The van der Waals surface area contributed by atoms with Crippen LogP contribution in [-0.4, -0.2) is 100 Å². The van der Waals surface area contributed by atoms with Gasteiger partial charge in [0.05, 0.1) is 13.1 Å². The Kier molecular flexibility index (Phi) is 8.54. The van der Waals surface area contributed by atoms with E-state index >= 15 is 0 Å². The molecule has 7 nitrogen and oxygen atoms in total. The third kappa shape index (κ3) is 7.07. The molecule has 2 heterocycles. The number of hydrogen-bond acceptors (Lipinski definition) is 4. The Balaban J connectivity index is 1.80. The predicted octanol–water partition coefficient (Wildman–Crippen LogP) is 0.739. The lowest BCUT2D eigenvalue weighted by Crippen LogP contribution is -2.54. The van der Waals surface area contributed by atoms with Crippen LogP contribution in [0.2, 0.25) is 0 Å². The van der Waals surface area contributed by atoms with Gasteiger partial charge in [0.15, 0.2) is 5.96 Å². The van der Waals surface area contributed by atoms with E-state index in [9.17, 15) is 9.00 Å². The van der Waals surface area contributed by atoms with Crippen LogP contribution in [0.15, 0.2) is 4.99 Å². The number of carbonyl (C=O) groups is 1. The van der Waals surface area contributed by atoms with Gasteiger partial charge >= 0.3 is 0 Å². The highest BCUT2D eigenvalue weighted by Gasteiger charge is 2.24. The van der Waals surface area contributed by atoms with E-state index in [0.717, 1.165) is 64.6 Å². The number of hydrogen-bond donors (Lipinski definition) is 1. The zero-order valence-corrected chi connectivity index (χ0v) is 18.3. The van der Waals surface area contributed by atoms with E-state index in [4.69, 9.17) is 0 Å². The van der Waals surface area contributed by atoms with Crippen molar-refractivity contribution >= 4 is 22.7 Å². The molecule has 0 spiro atoms. The van der Waals surface area contributed by atoms with Gasteiger partial charge in [0.25, 0.3) is 0 Å². The van der Waals surface area contributed by atoms with E-state index in [0.29, 0.717) is 18.8 Å². The molecule has 27 heavy (non-hydrogen) atoms. The number of nitrogens with zero attached hydrogens (tertiary/aromatic N) is 4. The van der Waals surface area contributed by atoms with Crippen molar-refractivity contribution in [3.05, 3.63) is 0 Å². The van der Waals surface area contributed by atoms with Crippen LogP contribution in [-0.2, 0) is 15.6 Å². The number of carbonyl (C=O) groups excluding carboxylic acids is 1. The first kappa shape index (κ1) is 22.1. The molecule has 0 radical (unpaired) electrons. The Morgan fingerprint density at radius 3 is 2.22 bits per heavy atom. The summed E-state index contributed by atoms with van der Waals surface area (Å²) in [6.45, 7) is 15.3. The average molecular weight is 400 g/mol. The van der Waals surface area contributed by atoms with Crippen LogP contribution in [0.3, 0.4) is 0 Å². The van der Waals surface area contributed by atoms with Gasteiger partial charge < -0.3 is 15.1 Å². The second-order valence-electron chi connectivity index (χ2n) is 8.25. The Labute approximate surface area is 167 Å². The zero-order valence-electron chi connectivity index (χ0n) is 17.5. The van der Waals surface area contributed by atoms with Crippen molar-refractivity contribution in [3.8, 4) is 0 Å². The van der Waals surface area contributed by atoms with Crippen molar-refractivity contribution < 1.29 is 9.00 Å². The SMILES string of the molecule is CCNC(=NCCS(=O)C(C)(C)C)N1CCN(CC(=O)N2CCCC2)CC1. The summed E-state index contributed by atoms with van der Waals surface area (Å²) in [6.07, 6.45) is 2.28. The lowest BCUT2D eigenvalue weighted by Gasteiger charge is -2.36. The van der Waals surface area contributed by atoms with Gasteiger partial charge in [0.2, 0.25) is 5.91 Å². The topological polar surface area (TPSA) is 68.2 Å². The highest BCUT2D eigenvalue weighted by atomic mass is 32.2. The molecule has 8 heteroatoms. The largest absolute Gasteiger partial charge is 0.357 e. The van der Waals surface area contributed by atoms with Crippen molar-refractivity contribution in [1.82, 2.24) is 20.0 Å². The van der Waals surface area contributed by atoms with Gasteiger partial charge in [-0.15, -0.1) is 0 Å². The summed E-state index contributed by atoms with van der Waals surface area (Å²) in [7, 11) is -0.880. The maximum absolute atomic E-state index is 12.3. The molecule has 156 valence electrons. The van der Waals surface area contributed by atoms with Crippen LogP contribution in [0.4, 0.5) is 0 Å². The van der Waals surface area contributed by atoms with E-state index in [1.165, 1.54) is 0 Å². The van der Waals surface area contributed by atoms with Crippen LogP contribution < -0.4 is 5.32 Å². The van der Waals surface area contributed by atoms with Gasteiger partial charge in [-0.2, -0.15) is 0 Å². The summed E-state index contributed by atoms with van der Waals surface area (Å²) in [5, 5.41) is 3.35. The third-order valence-electron chi connectivity index (χ3n) is 5.05. The number of guanidine groups is 1. The molecule has 1 unspecified atom stereocenters. The quantitative estimate of drug-likeness (QED) is 0.527. The second-order valence-corrected chi connectivity index (χ2v) is 10.6. The molecular formula is C19H37N5O2S. The Bertz CT molecular complexity index is 533. The normalized spacial score (nSPS) is 20.8. The van der Waals surface area contributed by atoms with E-state index in [-0.39, 0.29) is 10.7 Å². The average Bonchev–Trinajstić information content (AvgIpc) is 3.15. The van der Waals surface area contributed by atoms with Crippen molar-refractivity contribution in [2.45, 2.75) is 45.3 Å². The molecule has 2 rings (SSSR count). The minimum absolute atomic E-state index is 0.193. The van der Waals surface area contributed by atoms with Gasteiger partial charge in [-0.25, -0.2) is 0 Å². The fourth-order valence-electron chi connectivity index (χ4n) is 3.34. The van der Waals surface area contributed by atoms with Gasteiger partial charge in [-0.05, 0) is 40.5 Å². The molecule has 1 N–H and O–H groups in total. The lowest BCUT2D eigenvalue weighted by atomic mass is 10.3. The fraction of sp³-hybridized carbons (Fsp3) is 0.895. The summed E-state index contributed by atoms with van der Waals surface area (Å²) < 4.78 is 12.0. The highest BCUT2D eigenvalue weighted by molar-refractivity contribution is 7.86. The first-order valence-electron chi connectivity index (χ1n) is 10.2. The summed E-state index contributed by atoms with van der Waals surface area (Å²) in [5.74, 6) is 1.75. The molecule has 0 aromatic rings. The zero-order chi connectivity index (χ0) is 19.9. The molecule has 1 atom stereocenters. The van der Waals surface area contributed by atoms with Crippen LogP contribution in [0.25, 0.3) is 0 Å². The molecule has 0 aliphatic carbocycles. The van der Waals surface area contributed by atoms with Crippen LogP contribution in [0.5, 0.6) is 0 Å². The summed E-state index contributed by atoms with van der Waals surface area (Å²) in [4.78, 5) is 23.5. The number of likely N-dealkylation sites (tertiary alicyclic amines) is 1. The number of aliphatic imine (C=N–C) groups is 1. The Morgan fingerprint density at radius 1 is 1.04 bits per heavy atom.